The van der Waals surface area contributed by atoms with Gasteiger partial charge in [-0.1, -0.05) is 6.07 Å². The second-order valence-electron chi connectivity index (χ2n) is 3.90. The third kappa shape index (κ3) is 1.07. The standard InChI is InChI=1S/C12H12N2/c13-10-5-4-9-6-8-2-1-3-11(8)14-12(9)7-10/h4-7H,1-3,13H2. The van der Waals surface area contributed by atoms with E-state index in [1.54, 1.807) is 0 Å². The lowest BCUT2D eigenvalue weighted by molar-refractivity contribution is 0.901. The van der Waals surface area contributed by atoms with Gasteiger partial charge in [0.05, 0.1) is 5.52 Å². The van der Waals surface area contributed by atoms with Gasteiger partial charge in [-0.05, 0) is 43.0 Å². The minimum Gasteiger partial charge on any atom is -0.399 e. The molecule has 0 fully saturated rings. The molecular weight excluding hydrogens is 172 g/mol. The molecule has 14 heavy (non-hydrogen) atoms. The van der Waals surface area contributed by atoms with Crippen molar-refractivity contribution in [2.45, 2.75) is 19.3 Å². The summed E-state index contributed by atoms with van der Waals surface area (Å²) in [5.74, 6) is 0. The summed E-state index contributed by atoms with van der Waals surface area (Å²) in [4.78, 5) is 4.64. The van der Waals surface area contributed by atoms with Crippen molar-refractivity contribution in [1.82, 2.24) is 4.98 Å². The molecule has 0 bridgehead atoms. The fourth-order valence-electron chi connectivity index (χ4n) is 2.15. The fraction of sp³-hybridized carbons (Fsp3) is 0.250. The fourth-order valence-corrected chi connectivity index (χ4v) is 2.15. The highest BCUT2D eigenvalue weighted by Gasteiger charge is 2.12. The van der Waals surface area contributed by atoms with E-state index in [4.69, 9.17) is 5.73 Å². The molecule has 0 amide bonds. The lowest BCUT2D eigenvalue weighted by Crippen LogP contribution is -1.91. The molecule has 70 valence electrons. The number of hydrogen-bond donors (Lipinski definition) is 1. The quantitative estimate of drug-likeness (QED) is 0.638. The van der Waals surface area contributed by atoms with Gasteiger partial charge in [-0.25, -0.2) is 0 Å². The van der Waals surface area contributed by atoms with Gasteiger partial charge in [0.25, 0.3) is 0 Å². The first-order valence-corrected chi connectivity index (χ1v) is 5.01. The van der Waals surface area contributed by atoms with Gasteiger partial charge in [0.2, 0.25) is 0 Å². The first-order chi connectivity index (χ1) is 6.83. The molecule has 2 heteroatoms. The number of nitrogen functional groups attached to an aromatic ring is 1. The number of fused-ring (bicyclic) bond motifs is 2. The number of anilines is 1. The van der Waals surface area contributed by atoms with Crippen molar-refractivity contribution < 1.29 is 0 Å². The van der Waals surface area contributed by atoms with Gasteiger partial charge in [-0.15, -0.1) is 0 Å². The average Bonchev–Trinajstić information content (AvgIpc) is 2.61. The van der Waals surface area contributed by atoms with E-state index in [9.17, 15) is 0 Å². The van der Waals surface area contributed by atoms with E-state index in [0.717, 1.165) is 17.6 Å². The largest absolute Gasteiger partial charge is 0.399 e. The van der Waals surface area contributed by atoms with E-state index in [2.05, 4.69) is 17.1 Å². The third-order valence-electron chi connectivity index (χ3n) is 2.87. The number of nitrogens with zero attached hydrogens (tertiary/aromatic N) is 1. The highest BCUT2D eigenvalue weighted by molar-refractivity contribution is 5.82. The molecule has 1 heterocycles. The zero-order chi connectivity index (χ0) is 9.54. The van der Waals surface area contributed by atoms with E-state index in [1.165, 1.54) is 29.5 Å². The maximum absolute atomic E-state index is 5.73. The normalized spacial score (nSPS) is 14.6. The Kier molecular flexibility index (Phi) is 1.51. The zero-order valence-corrected chi connectivity index (χ0v) is 7.96. The van der Waals surface area contributed by atoms with Crippen LogP contribution in [0.2, 0.25) is 0 Å². The van der Waals surface area contributed by atoms with Crippen LogP contribution in [0.25, 0.3) is 10.9 Å². The second-order valence-corrected chi connectivity index (χ2v) is 3.90. The minimum absolute atomic E-state index is 0.794. The molecule has 0 atom stereocenters. The van der Waals surface area contributed by atoms with E-state index >= 15 is 0 Å². The Bertz CT molecular complexity index is 503. The Morgan fingerprint density at radius 1 is 1.14 bits per heavy atom. The number of rotatable bonds is 0. The number of hydrogen-bond acceptors (Lipinski definition) is 2. The second kappa shape index (κ2) is 2.71. The molecule has 0 spiro atoms. The van der Waals surface area contributed by atoms with Crippen LogP contribution in [0.4, 0.5) is 5.69 Å². The van der Waals surface area contributed by atoms with Crippen molar-refractivity contribution in [3.8, 4) is 0 Å². The molecule has 1 aliphatic carbocycles. The highest BCUT2D eigenvalue weighted by atomic mass is 14.7. The smallest absolute Gasteiger partial charge is 0.0725 e. The maximum Gasteiger partial charge on any atom is 0.0725 e. The first-order valence-electron chi connectivity index (χ1n) is 5.01. The van der Waals surface area contributed by atoms with Crippen LogP contribution in [0.5, 0.6) is 0 Å². The average molecular weight is 184 g/mol. The predicted molar refractivity (Wildman–Crippen MR) is 58.2 cm³/mol. The van der Waals surface area contributed by atoms with Crippen molar-refractivity contribution in [2.75, 3.05) is 5.73 Å². The molecule has 0 aliphatic heterocycles. The van der Waals surface area contributed by atoms with Crippen LogP contribution in [0, 0.1) is 0 Å². The van der Waals surface area contributed by atoms with Crippen LogP contribution in [0.1, 0.15) is 17.7 Å². The number of benzene rings is 1. The summed E-state index contributed by atoms with van der Waals surface area (Å²) in [6, 6.07) is 8.19. The SMILES string of the molecule is Nc1ccc2cc3c(nc2c1)CCC3. The van der Waals surface area contributed by atoms with Crippen LogP contribution >= 0.6 is 0 Å². The van der Waals surface area contributed by atoms with Crippen molar-refractivity contribution >= 4 is 16.6 Å². The molecular formula is C12H12N2. The lowest BCUT2D eigenvalue weighted by Gasteiger charge is -2.03. The Morgan fingerprint density at radius 2 is 2.07 bits per heavy atom. The Labute approximate surface area is 82.8 Å². The Morgan fingerprint density at radius 3 is 3.00 bits per heavy atom. The van der Waals surface area contributed by atoms with Crippen molar-refractivity contribution in [3.05, 3.63) is 35.5 Å². The summed E-state index contributed by atoms with van der Waals surface area (Å²) < 4.78 is 0. The lowest BCUT2D eigenvalue weighted by atomic mass is 10.1. The Balaban J connectivity index is 2.33. The molecule has 3 rings (SSSR count). The summed E-state index contributed by atoms with van der Waals surface area (Å²) in [6.07, 6.45) is 3.55. The first kappa shape index (κ1) is 7.80. The third-order valence-corrected chi connectivity index (χ3v) is 2.87. The van der Waals surface area contributed by atoms with Crippen LogP contribution in [-0.2, 0) is 12.8 Å². The minimum atomic E-state index is 0.794. The molecule has 2 nitrogen and oxygen atoms in total. The molecule has 0 saturated heterocycles. The maximum atomic E-state index is 5.73. The highest BCUT2D eigenvalue weighted by Crippen LogP contribution is 2.25. The van der Waals surface area contributed by atoms with Crippen LogP contribution < -0.4 is 5.73 Å². The monoisotopic (exact) mass is 184 g/mol. The molecule has 0 unspecified atom stereocenters. The van der Waals surface area contributed by atoms with Gasteiger partial charge in [0, 0.05) is 16.8 Å². The van der Waals surface area contributed by atoms with Crippen LogP contribution in [0.3, 0.4) is 0 Å². The van der Waals surface area contributed by atoms with Gasteiger partial charge in [0.1, 0.15) is 0 Å². The van der Waals surface area contributed by atoms with Crippen molar-refractivity contribution in [3.63, 3.8) is 0 Å². The summed E-state index contributed by atoms with van der Waals surface area (Å²) in [5.41, 5.74) is 10.2. The molecule has 0 saturated carbocycles. The van der Waals surface area contributed by atoms with Crippen molar-refractivity contribution in [1.29, 1.82) is 0 Å². The summed E-state index contributed by atoms with van der Waals surface area (Å²) >= 11 is 0. The summed E-state index contributed by atoms with van der Waals surface area (Å²) in [7, 11) is 0. The molecule has 1 aliphatic rings. The number of pyridine rings is 1. The van der Waals surface area contributed by atoms with Gasteiger partial charge < -0.3 is 5.73 Å². The van der Waals surface area contributed by atoms with Gasteiger partial charge in [-0.2, -0.15) is 0 Å². The number of aryl methyl sites for hydroxylation is 2. The molecule has 1 aromatic heterocycles. The number of nitrogens with two attached hydrogens (primary N) is 1. The molecule has 1 aromatic carbocycles. The van der Waals surface area contributed by atoms with E-state index in [-0.39, 0.29) is 0 Å². The molecule has 0 radical (unpaired) electrons. The van der Waals surface area contributed by atoms with Gasteiger partial charge in [0.15, 0.2) is 0 Å². The van der Waals surface area contributed by atoms with E-state index in [0.29, 0.717) is 0 Å². The van der Waals surface area contributed by atoms with E-state index in [1.807, 2.05) is 12.1 Å². The van der Waals surface area contributed by atoms with Gasteiger partial charge >= 0.3 is 0 Å². The Hall–Kier alpha value is -1.57. The zero-order valence-electron chi connectivity index (χ0n) is 7.96. The van der Waals surface area contributed by atoms with Crippen LogP contribution in [-0.4, -0.2) is 4.98 Å². The topological polar surface area (TPSA) is 38.9 Å². The number of aromatic nitrogens is 1. The van der Waals surface area contributed by atoms with Gasteiger partial charge in [-0.3, -0.25) is 4.98 Å². The summed E-state index contributed by atoms with van der Waals surface area (Å²) in [6.45, 7) is 0. The van der Waals surface area contributed by atoms with Crippen molar-refractivity contribution in [2.24, 2.45) is 0 Å². The van der Waals surface area contributed by atoms with E-state index < -0.39 is 0 Å². The molecule has 2 aromatic rings. The summed E-state index contributed by atoms with van der Waals surface area (Å²) in [5, 5.41) is 1.21. The molecule has 2 N–H and O–H groups in total. The predicted octanol–water partition coefficient (Wildman–Crippen LogP) is 2.31. The van der Waals surface area contributed by atoms with Crippen LogP contribution in [0.15, 0.2) is 24.3 Å².